The van der Waals surface area contributed by atoms with E-state index in [-0.39, 0.29) is 5.97 Å². The van der Waals surface area contributed by atoms with Gasteiger partial charge in [0, 0.05) is 0 Å². The summed E-state index contributed by atoms with van der Waals surface area (Å²) in [5.41, 5.74) is 0.610. The average Bonchev–Trinajstić information content (AvgIpc) is 2.51. The molecular weight excluding hydrogens is 272 g/mol. The number of methoxy groups -OCH3 is 2. The van der Waals surface area contributed by atoms with E-state index >= 15 is 0 Å². The van der Waals surface area contributed by atoms with Crippen LogP contribution in [0.3, 0.4) is 0 Å². The van der Waals surface area contributed by atoms with Gasteiger partial charge in [-0.25, -0.2) is 0 Å². The SMILES string of the molecule is CCCC(C(=O)OCC)C(O)c1ccc(OC)c(OC)c1. The first-order valence-electron chi connectivity index (χ1n) is 7.15. The van der Waals surface area contributed by atoms with Crippen LogP contribution in [0, 0.1) is 5.92 Å². The molecule has 1 aromatic carbocycles. The fourth-order valence-corrected chi connectivity index (χ4v) is 2.23. The van der Waals surface area contributed by atoms with Gasteiger partial charge in [0.25, 0.3) is 0 Å². The highest BCUT2D eigenvalue weighted by molar-refractivity contribution is 5.73. The predicted molar refractivity (Wildman–Crippen MR) is 79.5 cm³/mol. The zero-order valence-corrected chi connectivity index (χ0v) is 13.1. The number of hydrogen-bond acceptors (Lipinski definition) is 5. The van der Waals surface area contributed by atoms with Gasteiger partial charge in [-0.15, -0.1) is 0 Å². The van der Waals surface area contributed by atoms with Crippen LogP contribution < -0.4 is 9.47 Å². The molecule has 0 bridgehead atoms. The van der Waals surface area contributed by atoms with Crippen molar-refractivity contribution in [3.8, 4) is 11.5 Å². The standard InChI is InChI=1S/C16H24O5/c1-5-7-12(16(18)21-6-2)15(17)11-8-9-13(19-3)14(10-11)20-4/h8-10,12,15,17H,5-7H2,1-4H3. The van der Waals surface area contributed by atoms with Gasteiger partial charge in [0.2, 0.25) is 0 Å². The molecule has 0 radical (unpaired) electrons. The summed E-state index contributed by atoms with van der Waals surface area (Å²) in [6.45, 7) is 4.02. The summed E-state index contributed by atoms with van der Waals surface area (Å²) < 4.78 is 15.4. The minimum absolute atomic E-state index is 0.303. The molecule has 0 amide bonds. The molecule has 0 aromatic heterocycles. The summed E-state index contributed by atoms with van der Waals surface area (Å²) in [5.74, 6) is 0.152. The van der Waals surface area contributed by atoms with E-state index in [1.54, 1.807) is 32.2 Å². The second-order valence-electron chi connectivity index (χ2n) is 4.71. The molecule has 0 aliphatic rings. The van der Waals surface area contributed by atoms with E-state index in [2.05, 4.69) is 0 Å². The highest BCUT2D eigenvalue weighted by atomic mass is 16.5. The van der Waals surface area contributed by atoms with Crippen LogP contribution in [0.2, 0.25) is 0 Å². The largest absolute Gasteiger partial charge is 0.493 e. The second-order valence-corrected chi connectivity index (χ2v) is 4.71. The minimum Gasteiger partial charge on any atom is -0.493 e. The number of ether oxygens (including phenoxy) is 3. The maximum atomic E-state index is 12.0. The van der Waals surface area contributed by atoms with E-state index in [4.69, 9.17) is 14.2 Å². The summed E-state index contributed by atoms with van der Waals surface area (Å²) in [5, 5.41) is 10.5. The Morgan fingerprint density at radius 2 is 1.86 bits per heavy atom. The molecule has 1 aromatic rings. The van der Waals surface area contributed by atoms with Gasteiger partial charge in [-0.1, -0.05) is 19.4 Å². The molecule has 21 heavy (non-hydrogen) atoms. The lowest BCUT2D eigenvalue weighted by atomic mass is 9.91. The van der Waals surface area contributed by atoms with E-state index in [1.165, 1.54) is 7.11 Å². The quantitative estimate of drug-likeness (QED) is 0.747. The van der Waals surface area contributed by atoms with Gasteiger partial charge in [0.05, 0.1) is 32.8 Å². The summed E-state index contributed by atoms with van der Waals surface area (Å²) >= 11 is 0. The number of carbonyl (C=O) groups is 1. The Hall–Kier alpha value is -1.75. The van der Waals surface area contributed by atoms with Crippen LogP contribution in [0.4, 0.5) is 0 Å². The van der Waals surface area contributed by atoms with Crippen LogP contribution in [0.1, 0.15) is 38.4 Å². The van der Waals surface area contributed by atoms with Gasteiger partial charge in [0.15, 0.2) is 11.5 Å². The van der Waals surface area contributed by atoms with Crippen molar-refractivity contribution in [3.63, 3.8) is 0 Å². The number of aliphatic hydroxyl groups excluding tert-OH is 1. The molecule has 0 heterocycles. The Morgan fingerprint density at radius 1 is 1.19 bits per heavy atom. The third kappa shape index (κ3) is 4.36. The molecular formula is C16H24O5. The van der Waals surface area contributed by atoms with Crippen molar-refractivity contribution in [3.05, 3.63) is 23.8 Å². The van der Waals surface area contributed by atoms with E-state index in [1.807, 2.05) is 6.92 Å². The Kier molecular flexibility index (Phi) is 7.02. The molecule has 0 spiro atoms. The predicted octanol–water partition coefficient (Wildman–Crippen LogP) is 2.72. The molecule has 2 unspecified atom stereocenters. The van der Waals surface area contributed by atoms with Crippen molar-refractivity contribution < 1.29 is 24.1 Å². The summed E-state index contributed by atoms with van der Waals surface area (Å²) in [7, 11) is 3.08. The number of esters is 1. The van der Waals surface area contributed by atoms with Gasteiger partial charge in [-0.05, 0) is 31.0 Å². The summed E-state index contributed by atoms with van der Waals surface area (Å²) in [6.07, 6.45) is 0.422. The first-order valence-corrected chi connectivity index (χ1v) is 7.15. The molecule has 5 heteroatoms. The molecule has 0 saturated carbocycles. The van der Waals surface area contributed by atoms with Crippen LogP contribution in [0.25, 0.3) is 0 Å². The van der Waals surface area contributed by atoms with Crippen LogP contribution in [-0.2, 0) is 9.53 Å². The van der Waals surface area contributed by atoms with Crippen molar-refractivity contribution in [1.29, 1.82) is 0 Å². The molecule has 118 valence electrons. The Bertz CT molecular complexity index is 458. The topological polar surface area (TPSA) is 65.0 Å². The monoisotopic (exact) mass is 296 g/mol. The Labute approximate surface area is 125 Å². The van der Waals surface area contributed by atoms with Crippen molar-refractivity contribution in [1.82, 2.24) is 0 Å². The third-order valence-electron chi connectivity index (χ3n) is 3.32. The van der Waals surface area contributed by atoms with Gasteiger partial charge in [-0.2, -0.15) is 0 Å². The fourth-order valence-electron chi connectivity index (χ4n) is 2.23. The molecule has 1 N–H and O–H groups in total. The first-order chi connectivity index (χ1) is 10.1. The molecule has 0 saturated heterocycles. The van der Waals surface area contributed by atoms with Crippen molar-refractivity contribution in [2.45, 2.75) is 32.8 Å². The maximum absolute atomic E-state index is 12.0. The molecule has 1 rings (SSSR count). The van der Waals surface area contributed by atoms with Crippen molar-refractivity contribution >= 4 is 5.97 Å². The van der Waals surface area contributed by atoms with Gasteiger partial charge in [0.1, 0.15) is 0 Å². The lowest BCUT2D eigenvalue weighted by Crippen LogP contribution is -2.24. The minimum atomic E-state index is -0.927. The molecule has 0 aliphatic heterocycles. The zero-order valence-electron chi connectivity index (χ0n) is 13.1. The average molecular weight is 296 g/mol. The number of hydrogen-bond donors (Lipinski definition) is 1. The van der Waals surface area contributed by atoms with Crippen LogP contribution in [-0.4, -0.2) is 31.9 Å². The second kappa shape index (κ2) is 8.52. The third-order valence-corrected chi connectivity index (χ3v) is 3.32. The van der Waals surface area contributed by atoms with Crippen molar-refractivity contribution in [2.24, 2.45) is 5.92 Å². The number of rotatable bonds is 8. The van der Waals surface area contributed by atoms with Gasteiger partial charge in [-0.3, -0.25) is 4.79 Å². The first kappa shape index (κ1) is 17.3. The van der Waals surface area contributed by atoms with E-state index < -0.39 is 12.0 Å². The van der Waals surface area contributed by atoms with Crippen LogP contribution in [0.15, 0.2) is 18.2 Å². The highest BCUT2D eigenvalue weighted by Gasteiger charge is 2.29. The van der Waals surface area contributed by atoms with Crippen LogP contribution in [0.5, 0.6) is 11.5 Å². The normalized spacial score (nSPS) is 13.4. The summed E-state index contributed by atoms with van der Waals surface area (Å²) in [6, 6.07) is 5.13. The van der Waals surface area contributed by atoms with Crippen LogP contribution >= 0.6 is 0 Å². The van der Waals surface area contributed by atoms with E-state index in [0.29, 0.717) is 30.1 Å². The molecule has 0 aliphatic carbocycles. The number of aliphatic hydroxyl groups is 1. The van der Waals surface area contributed by atoms with Gasteiger partial charge >= 0.3 is 5.97 Å². The molecule has 5 nitrogen and oxygen atoms in total. The van der Waals surface area contributed by atoms with Gasteiger partial charge < -0.3 is 19.3 Å². The van der Waals surface area contributed by atoms with E-state index in [0.717, 1.165) is 6.42 Å². The Balaban J connectivity index is 3.02. The zero-order chi connectivity index (χ0) is 15.8. The number of benzene rings is 1. The molecule has 2 atom stereocenters. The maximum Gasteiger partial charge on any atom is 0.311 e. The Morgan fingerprint density at radius 3 is 2.38 bits per heavy atom. The smallest absolute Gasteiger partial charge is 0.311 e. The lowest BCUT2D eigenvalue weighted by molar-refractivity contribution is -0.152. The fraction of sp³-hybridized carbons (Fsp3) is 0.562. The highest BCUT2D eigenvalue weighted by Crippen LogP contribution is 2.34. The lowest BCUT2D eigenvalue weighted by Gasteiger charge is -2.22. The molecule has 0 fully saturated rings. The van der Waals surface area contributed by atoms with E-state index in [9.17, 15) is 9.90 Å². The summed E-state index contributed by atoms with van der Waals surface area (Å²) in [4.78, 5) is 12.0. The van der Waals surface area contributed by atoms with Crippen molar-refractivity contribution in [2.75, 3.05) is 20.8 Å². The number of carbonyl (C=O) groups excluding carboxylic acids is 1.